The molecular weight excluding hydrogens is 757 g/mol. The van der Waals surface area contributed by atoms with Crippen LogP contribution in [0.3, 0.4) is 0 Å². The van der Waals surface area contributed by atoms with E-state index in [4.69, 9.17) is 36.5 Å². The van der Waals surface area contributed by atoms with Crippen molar-refractivity contribution in [2.24, 2.45) is 0 Å². The van der Waals surface area contributed by atoms with E-state index in [1.165, 1.54) is 0 Å². The molecule has 254 valence electrons. The van der Waals surface area contributed by atoms with E-state index in [0.717, 1.165) is 30.4 Å². The average Bonchev–Trinajstić information content (AvgIpc) is 3.78. The second-order valence-electron chi connectivity index (χ2n) is 10.7. The van der Waals surface area contributed by atoms with E-state index >= 15 is 0 Å². The van der Waals surface area contributed by atoms with Gasteiger partial charge in [0.05, 0.1) is 30.9 Å². The van der Waals surface area contributed by atoms with Gasteiger partial charge in [0.25, 0.3) is 0 Å². The van der Waals surface area contributed by atoms with Gasteiger partial charge in [-0.05, 0) is 43.9 Å². The van der Waals surface area contributed by atoms with Crippen molar-refractivity contribution in [2.75, 3.05) is 42.7 Å². The summed E-state index contributed by atoms with van der Waals surface area (Å²) in [5.74, 6) is 0. The number of hydrogen-bond donors (Lipinski definition) is 0. The maximum absolute atomic E-state index is 6.22. The van der Waals surface area contributed by atoms with Crippen molar-refractivity contribution in [3.05, 3.63) is 107 Å². The number of rotatable bonds is 15. The first kappa shape index (κ1) is 36.6. The summed E-state index contributed by atoms with van der Waals surface area (Å²) in [6.07, 6.45) is 16.9. The monoisotopic (exact) mass is 792 g/mol. The lowest BCUT2D eigenvalue weighted by atomic mass is 9.99. The Morgan fingerprint density at radius 3 is 1.29 bits per heavy atom. The van der Waals surface area contributed by atoms with Gasteiger partial charge < -0.3 is 26.6 Å². The van der Waals surface area contributed by atoms with Crippen LogP contribution in [0.5, 0.6) is 0 Å². The summed E-state index contributed by atoms with van der Waals surface area (Å²) in [6.45, 7) is 0. The molecule has 4 aromatic rings. The quantitative estimate of drug-likeness (QED) is 0.0658. The second-order valence-corrected chi connectivity index (χ2v) is 25.2. The van der Waals surface area contributed by atoms with Crippen molar-refractivity contribution < 1.29 is 26.6 Å². The zero-order valence-corrected chi connectivity index (χ0v) is 34.1. The van der Waals surface area contributed by atoms with Crippen molar-refractivity contribution in [2.45, 2.75) is 20.6 Å². The van der Waals surface area contributed by atoms with Crippen LogP contribution in [0.25, 0.3) is 20.4 Å². The first-order valence-electron chi connectivity index (χ1n) is 14.8. The zero-order valence-electron chi connectivity index (χ0n) is 27.2. The highest BCUT2D eigenvalue weighted by molar-refractivity contribution is 9.26. The highest BCUT2D eigenvalue weighted by atomic mass is 33.7. The van der Waals surface area contributed by atoms with Crippen LogP contribution in [-0.2, 0) is 36.6 Å². The summed E-state index contributed by atoms with van der Waals surface area (Å²) in [5, 5.41) is 0.0965. The van der Waals surface area contributed by atoms with Crippen LogP contribution in [0.15, 0.2) is 97.1 Å². The van der Waals surface area contributed by atoms with Gasteiger partial charge in [0.1, 0.15) is 20.1 Å². The topological polar surface area (TPSA) is 81.2 Å². The van der Waals surface area contributed by atoms with Gasteiger partial charge >= 0.3 is 17.6 Å². The molecule has 2 aromatic heterocycles. The molecule has 48 heavy (non-hydrogen) atoms. The van der Waals surface area contributed by atoms with Crippen LogP contribution >= 0.6 is 63.9 Å². The largest absolute Gasteiger partial charge is 0.519 e. The Morgan fingerprint density at radius 2 is 0.938 bits per heavy atom. The van der Waals surface area contributed by atoms with E-state index in [1.54, 1.807) is 107 Å². The molecular formula is C32H36N2O6S6Si2. The van der Waals surface area contributed by atoms with Crippen molar-refractivity contribution >= 4 is 102 Å². The Kier molecular flexibility index (Phi) is 11.9. The molecule has 0 spiro atoms. The first-order valence-corrected chi connectivity index (χ1v) is 24.9. The molecule has 0 bridgehead atoms. The van der Waals surface area contributed by atoms with Gasteiger partial charge in [-0.2, -0.15) is 0 Å². The van der Waals surface area contributed by atoms with Gasteiger partial charge in [0.2, 0.25) is 0 Å². The molecule has 2 aliphatic carbocycles. The standard InChI is InChI=1S/C32H36N2O6S6Si2/c1-35-47(36-2,37-3)31(29-33-23-15-7-9-17-25(23)41-29)21-13-11-19-27(31)43-45-46-44-28-20-12-14-22-32(28,48(38-4,39-5)40-6)30-34-24-16-8-10-18-26(24)42-30/h7-22,27-28H,1-6H3. The van der Waals surface area contributed by atoms with Crippen molar-refractivity contribution in [3.63, 3.8) is 0 Å². The molecule has 6 rings (SSSR count). The number of benzene rings is 2. The Balaban J connectivity index is 1.32. The number of para-hydroxylation sites is 2. The van der Waals surface area contributed by atoms with Gasteiger partial charge in [-0.15, -0.1) is 22.7 Å². The zero-order chi connectivity index (χ0) is 33.8. The van der Waals surface area contributed by atoms with Gasteiger partial charge in [-0.3, -0.25) is 0 Å². The lowest BCUT2D eigenvalue weighted by molar-refractivity contribution is 0.0998. The molecule has 2 aromatic carbocycles. The molecule has 0 amide bonds. The van der Waals surface area contributed by atoms with Crippen LogP contribution in [0.1, 0.15) is 10.0 Å². The predicted octanol–water partition coefficient (Wildman–Crippen LogP) is 8.58. The second kappa shape index (κ2) is 15.6. The maximum atomic E-state index is 6.22. The maximum Gasteiger partial charge on any atom is 0.519 e. The molecule has 2 heterocycles. The van der Waals surface area contributed by atoms with E-state index in [2.05, 4.69) is 48.6 Å². The molecule has 16 heteroatoms. The van der Waals surface area contributed by atoms with Gasteiger partial charge in [0, 0.05) is 42.7 Å². The Labute approximate surface area is 306 Å². The molecule has 2 aliphatic rings. The van der Waals surface area contributed by atoms with E-state index in [9.17, 15) is 0 Å². The summed E-state index contributed by atoms with van der Waals surface area (Å²) >= 11 is 3.31. The third-order valence-corrected chi connectivity index (χ3v) is 25.5. The number of fused-ring (bicyclic) bond motifs is 2. The summed E-state index contributed by atoms with van der Waals surface area (Å²) in [5.41, 5.74) is 1.88. The van der Waals surface area contributed by atoms with Crippen LogP contribution < -0.4 is 0 Å². The Hall–Kier alpha value is -1.23. The smallest absolute Gasteiger partial charge is 0.376 e. The van der Waals surface area contributed by atoms with Crippen molar-refractivity contribution in [3.8, 4) is 0 Å². The Bertz CT molecular complexity index is 1630. The summed E-state index contributed by atoms with van der Waals surface area (Å²) in [4.78, 5) is 10.3. The lowest BCUT2D eigenvalue weighted by Gasteiger charge is -2.45. The highest BCUT2D eigenvalue weighted by Crippen LogP contribution is 2.59. The number of thiazole rings is 2. The molecule has 4 unspecified atom stereocenters. The summed E-state index contributed by atoms with van der Waals surface area (Å²) < 4.78 is 39.5. The molecule has 0 radical (unpaired) electrons. The average molecular weight is 793 g/mol. The van der Waals surface area contributed by atoms with Crippen LogP contribution in [-0.4, -0.2) is 80.7 Å². The highest BCUT2D eigenvalue weighted by Gasteiger charge is 2.67. The van der Waals surface area contributed by atoms with Gasteiger partial charge in [-0.25, -0.2) is 9.97 Å². The molecule has 0 aliphatic heterocycles. The molecule has 8 nitrogen and oxygen atoms in total. The Morgan fingerprint density at radius 1 is 0.562 bits per heavy atom. The lowest BCUT2D eigenvalue weighted by Crippen LogP contribution is -2.65. The number of hydrogen-bond acceptors (Lipinski definition) is 14. The number of aromatic nitrogens is 2. The van der Waals surface area contributed by atoms with Crippen LogP contribution in [0.2, 0.25) is 0 Å². The van der Waals surface area contributed by atoms with E-state index in [1.807, 2.05) is 48.6 Å². The van der Waals surface area contributed by atoms with Crippen molar-refractivity contribution in [1.29, 1.82) is 0 Å². The van der Waals surface area contributed by atoms with E-state index in [-0.39, 0.29) is 10.5 Å². The minimum Gasteiger partial charge on any atom is -0.376 e. The predicted molar refractivity (Wildman–Crippen MR) is 211 cm³/mol. The fourth-order valence-electron chi connectivity index (χ4n) is 6.38. The minimum atomic E-state index is -3.36. The van der Waals surface area contributed by atoms with Crippen LogP contribution in [0.4, 0.5) is 0 Å². The summed E-state index contributed by atoms with van der Waals surface area (Å²) in [6, 6.07) is 16.4. The summed E-state index contributed by atoms with van der Waals surface area (Å²) in [7, 11) is 10.2. The molecule has 0 saturated heterocycles. The SMILES string of the molecule is CO[Si](OC)(OC)C1(c2nc3ccccc3s2)C=CC=CC1SSSSC1C=CC=CC1(c1nc2ccccc2s1)[Si](OC)(OC)OC. The fraction of sp³-hybridized carbons (Fsp3) is 0.312. The normalized spacial score (nSPS) is 24.3. The van der Waals surface area contributed by atoms with Crippen molar-refractivity contribution in [1.82, 2.24) is 9.97 Å². The minimum absolute atomic E-state index is 0.103. The molecule has 0 saturated carbocycles. The third-order valence-electron chi connectivity index (χ3n) is 8.64. The van der Waals surface area contributed by atoms with Gasteiger partial charge in [0.15, 0.2) is 0 Å². The van der Waals surface area contributed by atoms with Gasteiger partial charge in [-0.1, -0.05) is 94.5 Å². The number of nitrogens with zero attached hydrogens (tertiary/aromatic N) is 2. The third kappa shape index (κ3) is 5.98. The molecule has 0 N–H and O–H groups in total. The van der Waals surface area contributed by atoms with Crippen LogP contribution in [0, 0.1) is 0 Å². The first-order chi connectivity index (χ1) is 23.4. The van der Waals surface area contributed by atoms with E-state index in [0.29, 0.717) is 0 Å². The molecule has 4 atom stereocenters. The fourth-order valence-corrected chi connectivity index (χ4v) is 23.7. The number of allylic oxidation sites excluding steroid dienone is 6. The molecule has 0 fully saturated rings. The van der Waals surface area contributed by atoms with E-state index < -0.39 is 27.7 Å².